The van der Waals surface area contributed by atoms with Crippen LogP contribution in [0.15, 0.2) is 65.1 Å². The lowest BCUT2D eigenvalue weighted by Gasteiger charge is -2.09. The van der Waals surface area contributed by atoms with Gasteiger partial charge in [0.1, 0.15) is 5.76 Å². The molecule has 10 heteroatoms. The lowest BCUT2D eigenvalue weighted by atomic mass is 10.2. The normalized spacial score (nSPS) is 11.4. The summed E-state index contributed by atoms with van der Waals surface area (Å²) in [5.74, 6) is 1.28. The van der Waals surface area contributed by atoms with E-state index in [9.17, 15) is 13.2 Å². The summed E-state index contributed by atoms with van der Waals surface area (Å²) < 4.78 is 32.0. The highest BCUT2D eigenvalue weighted by Gasteiger charge is 2.11. The zero-order chi connectivity index (χ0) is 21.8. The van der Waals surface area contributed by atoms with Crippen LogP contribution in [0.5, 0.6) is 0 Å². The number of fused-ring (bicyclic) bond motifs is 1. The Morgan fingerprint density at radius 1 is 1.03 bits per heavy atom. The van der Waals surface area contributed by atoms with Crippen LogP contribution >= 0.6 is 11.3 Å². The third-order valence-corrected chi connectivity index (χ3v) is 5.93. The van der Waals surface area contributed by atoms with Crippen molar-refractivity contribution in [2.24, 2.45) is 0 Å². The van der Waals surface area contributed by atoms with Crippen LogP contribution in [0, 0.1) is 0 Å². The van der Waals surface area contributed by atoms with Crippen LogP contribution in [-0.4, -0.2) is 25.7 Å². The van der Waals surface area contributed by atoms with E-state index in [4.69, 9.17) is 4.42 Å². The van der Waals surface area contributed by atoms with Gasteiger partial charge in [0.05, 0.1) is 23.0 Å². The summed E-state index contributed by atoms with van der Waals surface area (Å²) in [4.78, 5) is 16.7. The Balaban J connectivity index is 1.30. The zero-order valence-electron chi connectivity index (χ0n) is 16.6. The monoisotopic (exact) mass is 456 g/mol. The molecule has 160 valence electrons. The molecule has 4 aromatic rings. The summed E-state index contributed by atoms with van der Waals surface area (Å²) in [6.45, 7) is 0.479. The summed E-state index contributed by atoms with van der Waals surface area (Å²) in [6, 6.07) is 18.0. The van der Waals surface area contributed by atoms with Crippen LogP contribution in [0.25, 0.3) is 21.0 Å². The van der Waals surface area contributed by atoms with E-state index in [2.05, 4.69) is 20.3 Å². The first-order valence-corrected chi connectivity index (χ1v) is 12.1. The van der Waals surface area contributed by atoms with Crippen molar-refractivity contribution in [2.45, 2.75) is 13.1 Å². The van der Waals surface area contributed by atoms with Crippen molar-refractivity contribution in [1.82, 2.24) is 15.6 Å². The van der Waals surface area contributed by atoms with Gasteiger partial charge in [0.2, 0.25) is 10.0 Å². The van der Waals surface area contributed by atoms with Gasteiger partial charge in [-0.05, 0) is 42.0 Å². The first kappa shape index (κ1) is 20.9. The maximum atomic E-state index is 12.1. The molecule has 2 amide bonds. The molecular formula is C21H20N4O4S2. The van der Waals surface area contributed by atoms with Crippen LogP contribution in [0.3, 0.4) is 0 Å². The maximum Gasteiger partial charge on any atom is 0.315 e. The van der Waals surface area contributed by atoms with Gasteiger partial charge in [-0.15, -0.1) is 11.3 Å². The molecule has 0 radical (unpaired) electrons. The SMILES string of the molecule is CS(=O)(=O)Nc1cccc(CNC(=O)NCc2ccc(-c3nc4ccccc4s3)o2)c1. The molecule has 8 nitrogen and oxygen atoms in total. The smallest absolute Gasteiger partial charge is 0.315 e. The molecule has 31 heavy (non-hydrogen) atoms. The molecule has 3 N–H and O–H groups in total. The first-order valence-electron chi connectivity index (χ1n) is 9.39. The van der Waals surface area contributed by atoms with E-state index in [1.165, 1.54) is 0 Å². The van der Waals surface area contributed by atoms with Crippen molar-refractivity contribution < 1.29 is 17.6 Å². The fourth-order valence-electron chi connectivity index (χ4n) is 2.94. The summed E-state index contributed by atoms with van der Waals surface area (Å²) in [6.07, 6.45) is 1.09. The number of anilines is 1. The van der Waals surface area contributed by atoms with Gasteiger partial charge < -0.3 is 15.1 Å². The van der Waals surface area contributed by atoms with E-state index in [1.807, 2.05) is 36.4 Å². The van der Waals surface area contributed by atoms with Crippen molar-refractivity contribution in [3.8, 4) is 10.8 Å². The number of para-hydroxylation sites is 1. The highest BCUT2D eigenvalue weighted by molar-refractivity contribution is 7.92. The average molecular weight is 457 g/mol. The van der Waals surface area contributed by atoms with Crippen molar-refractivity contribution >= 4 is 43.3 Å². The zero-order valence-corrected chi connectivity index (χ0v) is 18.2. The quantitative estimate of drug-likeness (QED) is 0.390. The highest BCUT2D eigenvalue weighted by atomic mass is 32.2. The molecule has 0 saturated carbocycles. The van der Waals surface area contributed by atoms with Gasteiger partial charge in [-0.3, -0.25) is 4.72 Å². The van der Waals surface area contributed by atoms with Gasteiger partial charge in [-0.25, -0.2) is 18.2 Å². The number of urea groups is 1. The Kier molecular flexibility index (Phi) is 5.92. The fourth-order valence-corrected chi connectivity index (χ4v) is 4.42. The molecule has 0 bridgehead atoms. The maximum absolute atomic E-state index is 12.1. The summed E-state index contributed by atoms with van der Waals surface area (Å²) >= 11 is 1.55. The Labute approximate surface area is 183 Å². The largest absolute Gasteiger partial charge is 0.457 e. The number of furan rings is 1. The predicted octanol–water partition coefficient (Wildman–Crippen LogP) is 3.93. The van der Waals surface area contributed by atoms with Gasteiger partial charge in [0.25, 0.3) is 0 Å². The van der Waals surface area contributed by atoms with E-state index in [-0.39, 0.29) is 19.1 Å². The summed E-state index contributed by atoms with van der Waals surface area (Å²) in [5.41, 5.74) is 2.13. The summed E-state index contributed by atoms with van der Waals surface area (Å²) in [7, 11) is -3.35. The predicted molar refractivity (Wildman–Crippen MR) is 121 cm³/mol. The number of hydrogen-bond acceptors (Lipinski definition) is 6. The van der Waals surface area contributed by atoms with E-state index >= 15 is 0 Å². The number of hydrogen-bond donors (Lipinski definition) is 3. The highest BCUT2D eigenvalue weighted by Crippen LogP contribution is 2.31. The van der Waals surface area contributed by atoms with Gasteiger partial charge in [-0.1, -0.05) is 24.3 Å². The van der Waals surface area contributed by atoms with E-state index < -0.39 is 10.0 Å². The second-order valence-corrected chi connectivity index (χ2v) is 9.64. The third kappa shape index (κ3) is 5.62. The number of thiazole rings is 1. The number of amides is 2. The van der Waals surface area contributed by atoms with Crippen LogP contribution in [-0.2, 0) is 23.1 Å². The molecule has 0 spiro atoms. The molecule has 2 heterocycles. The van der Waals surface area contributed by atoms with Crippen molar-refractivity contribution in [3.63, 3.8) is 0 Å². The van der Waals surface area contributed by atoms with Gasteiger partial charge in [0.15, 0.2) is 10.8 Å². The number of rotatable bonds is 7. The van der Waals surface area contributed by atoms with Gasteiger partial charge >= 0.3 is 6.03 Å². The molecule has 0 unspecified atom stereocenters. The second-order valence-electron chi connectivity index (χ2n) is 6.86. The molecule has 0 aliphatic heterocycles. The molecule has 2 aromatic heterocycles. The van der Waals surface area contributed by atoms with Gasteiger partial charge in [0, 0.05) is 12.2 Å². The molecule has 2 aromatic carbocycles. The van der Waals surface area contributed by atoms with Gasteiger partial charge in [-0.2, -0.15) is 0 Å². The van der Waals surface area contributed by atoms with Crippen molar-refractivity contribution in [2.75, 3.05) is 11.0 Å². The van der Waals surface area contributed by atoms with E-state index in [0.29, 0.717) is 17.2 Å². The minimum Gasteiger partial charge on any atom is -0.457 e. The Morgan fingerprint density at radius 2 is 1.84 bits per heavy atom. The van der Waals surface area contributed by atoms with Crippen molar-refractivity contribution in [1.29, 1.82) is 0 Å². The Bertz CT molecular complexity index is 1290. The second kappa shape index (κ2) is 8.78. The number of sulfonamides is 1. The number of carbonyl (C=O) groups is 1. The van der Waals surface area contributed by atoms with Crippen molar-refractivity contribution in [3.05, 3.63) is 72.0 Å². The fraction of sp³-hybridized carbons (Fsp3) is 0.143. The molecular weight excluding hydrogens is 436 g/mol. The van der Waals surface area contributed by atoms with E-state index in [0.717, 1.165) is 27.0 Å². The molecule has 0 aliphatic rings. The van der Waals surface area contributed by atoms with Crippen LogP contribution in [0.4, 0.5) is 10.5 Å². The lowest BCUT2D eigenvalue weighted by molar-refractivity contribution is 0.239. The summed E-state index contributed by atoms with van der Waals surface area (Å²) in [5, 5.41) is 6.27. The minimum atomic E-state index is -3.35. The lowest BCUT2D eigenvalue weighted by Crippen LogP contribution is -2.34. The van der Waals surface area contributed by atoms with E-state index in [1.54, 1.807) is 35.6 Å². The molecule has 0 atom stereocenters. The molecule has 0 fully saturated rings. The van der Waals surface area contributed by atoms with Crippen LogP contribution in [0.2, 0.25) is 0 Å². The molecule has 0 saturated heterocycles. The van der Waals surface area contributed by atoms with Crippen LogP contribution in [0.1, 0.15) is 11.3 Å². The Hall–Kier alpha value is -3.37. The number of carbonyl (C=O) groups excluding carboxylic acids is 1. The number of aromatic nitrogens is 1. The minimum absolute atomic E-state index is 0.229. The number of nitrogens with zero attached hydrogens (tertiary/aromatic N) is 1. The first-order chi connectivity index (χ1) is 14.9. The topological polar surface area (TPSA) is 113 Å². The van der Waals surface area contributed by atoms with Crippen LogP contribution < -0.4 is 15.4 Å². The molecule has 4 rings (SSSR count). The molecule has 0 aliphatic carbocycles. The number of benzene rings is 2. The third-order valence-electron chi connectivity index (χ3n) is 4.27. The Morgan fingerprint density at radius 3 is 2.65 bits per heavy atom. The average Bonchev–Trinajstić information content (AvgIpc) is 3.36. The standard InChI is InChI=1S/C21H20N4O4S2/c1-31(27,28)25-15-6-4-5-14(11-15)12-22-21(26)23-13-16-9-10-18(29-16)20-24-17-7-2-3-8-19(17)30-20/h2-11,25H,12-13H2,1H3,(H2,22,23,26). The number of nitrogens with one attached hydrogen (secondary N) is 3.